The van der Waals surface area contributed by atoms with Crippen molar-refractivity contribution in [2.45, 2.75) is 31.7 Å². The van der Waals surface area contributed by atoms with Gasteiger partial charge in [0.2, 0.25) is 11.8 Å². The first-order valence-corrected chi connectivity index (χ1v) is 9.85. The maximum absolute atomic E-state index is 14.3. The number of anilines is 1. The number of allylic oxidation sites excluding steroid dienone is 1. The van der Waals surface area contributed by atoms with E-state index in [4.69, 9.17) is 15.2 Å². The van der Waals surface area contributed by atoms with E-state index in [0.29, 0.717) is 16.9 Å². The molecule has 7 nitrogen and oxygen atoms in total. The van der Waals surface area contributed by atoms with Gasteiger partial charge in [-0.25, -0.2) is 0 Å². The van der Waals surface area contributed by atoms with Crippen LogP contribution in [0.3, 0.4) is 0 Å². The van der Waals surface area contributed by atoms with E-state index in [2.05, 4.69) is 6.07 Å². The lowest BCUT2D eigenvalue weighted by Gasteiger charge is -2.40. The number of rotatable bonds is 1. The van der Waals surface area contributed by atoms with Gasteiger partial charge < -0.3 is 25.2 Å². The summed E-state index contributed by atoms with van der Waals surface area (Å²) in [4.78, 5) is 16.1. The second-order valence-corrected chi connectivity index (χ2v) is 8.58. The molecule has 0 bridgehead atoms. The molecule has 0 fully saturated rings. The van der Waals surface area contributed by atoms with Crippen molar-refractivity contribution in [1.82, 2.24) is 0 Å². The molecule has 1 spiro atoms. The van der Waals surface area contributed by atoms with Crippen LogP contribution in [0.4, 0.5) is 5.69 Å². The number of benzene rings is 2. The number of fused-ring (bicyclic) bond motifs is 3. The van der Waals surface area contributed by atoms with E-state index in [1.165, 1.54) is 12.1 Å². The number of hydrogen-bond donors (Lipinski definition) is 2. The van der Waals surface area contributed by atoms with Crippen LogP contribution in [-0.2, 0) is 10.2 Å². The summed E-state index contributed by atoms with van der Waals surface area (Å²) in [5, 5.41) is 20.1. The summed E-state index contributed by atoms with van der Waals surface area (Å²) < 4.78 is 11.2. The normalized spacial score (nSPS) is 22.5. The van der Waals surface area contributed by atoms with Crippen molar-refractivity contribution in [3.8, 4) is 23.3 Å². The fourth-order valence-corrected chi connectivity index (χ4v) is 5.19. The van der Waals surface area contributed by atoms with E-state index in [-0.39, 0.29) is 28.9 Å². The number of nitrogens with zero attached hydrogens (tertiary/aromatic N) is 2. The molecule has 0 unspecified atom stereocenters. The van der Waals surface area contributed by atoms with Gasteiger partial charge in [-0.2, -0.15) is 5.26 Å². The number of hydrogen-bond acceptors (Lipinski definition) is 6. The number of carbonyl (C=O) groups excluding carboxylic acids is 1. The number of phenolic OH excluding ortho intramolecular Hbond substituents is 1. The van der Waals surface area contributed by atoms with E-state index in [0.717, 1.165) is 16.8 Å². The third-order valence-corrected chi connectivity index (χ3v) is 6.36. The maximum Gasteiger partial charge on any atom is 0.248 e. The molecular formula is C24H21N3O4. The second-order valence-electron chi connectivity index (χ2n) is 8.58. The third-order valence-electron chi connectivity index (χ3n) is 6.36. The molecule has 31 heavy (non-hydrogen) atoms. The van der Waals surface area contributed by atoms with Crippen molar-refractivity contribution in [1.29, 1.82) is 5.26 Å². The maximum atomic E-state index is 14.3. The van der Waals surface area contributed by atoms with Gasteiger partial charge in [0.15, 0.2) is 0 Å². The van der Waals surface area contributed by atoms with Crippen molar-refractivity contribution in [2.75, 3.05) is 12.0 Å². The molecule has 156 valence electrons. The van der Waals surface area contributed by atoms with Gasteiger partial charge in [0.05, 0.1) is 18.3 Å². The van der Waals surface area contributed by atoms with E-state index in [1.807, 2.05) is 32.9 Å². The molecule has 1 atom stereocenters. The minimum absolute atomic E-state index is 0.0222. The highest BCUT2D eigenvalue weighted by Gasteiger charge is 2.62. The monoisotopic (exact) mass is 415 g/mol. The average molecular weight is 415 g/mol. The van der Waals surface area contributed by atoms with Crippen LogP contribution in [-0.4, -0.2) is 23.7 Å². The lowest BCUT2D eigenvalue weighted by molar-refractivity contribution is -0.121. The minimum atomic E-state index is -1.51. The van der Waals surface area contributed by atoms with Crippen molar-refractivity contribution >= 4 is 17.2 Å². The van der Waals surface area contributed by atoms with Gasteiger partial charge in [0, 0.05) is 22.8 Å². The first-order chi connectivity index (χ1) is 14.7. The summed E-state index contributed by atoms with van der Waals surface area (Å²) in [5.74, 6) is 0.327. The first-order valence-electron chi connectivity index (χ1n) is 9.85. The van der Waals surface area contributed by atoms with Crippen LogP contribution in [0.1, 0.15) is 37.5 Å². The van der Waals surface area contributed by atoms with Crippen LogP contribution in [0.5, 0.6) is 17.2 Å². The zero-order valence-electron chi connectivity index (χ0n) is 17.6. The molecule has 0 saturated heterocycles. The van der Waals surface area contributed by atoms with Gasteiger partial charge >= 0.3 is 0 Å². The predicted molar refractivity (Wildman–Crippen MR) is 115 cm³/mol. The summed E-state index contributed by atoms with van der Waals surface area (Å²) in [6.45, 7) is 5.91. The van der Waals surface area contributed by atoms with Crippen LogP contribution in [0, 0.1) is 11.3 Å². The Morgan fingerprint density at radius 3 is 2.65 bits per heavy atom. The number of methoxy groups -OCH3 is 1. The Hall–Kier alpha value is -3.92. The highest BCUT2D eigenvalue weighted by Crippen LogP contribution is 2.60. The summed E-state index contributed by atoms with van der Waals surface area (Å²) in [7, 11) is 1.56. The van der Waals surface area contributed by atoms with Crippen molar-refractivity contribution in [3.63, 3.8) is 0 Å². The van der Waals surface area contributed by atoms with Crippen molar-refractivity contribution in [3.05, 3.63) is 64.6 Å². The average Bonchev–Trinajstić information content (AvgIpc) is 2.96. The highest BCUT2D eigenvalue weighted by atomic mass is 16.5. The minimum Gasteiger partial charge on any atom is -0.508 e. The number of phenols is 1. The van der Waals surface area contributed by atoms with E-state index in [1.54, 1.807) is 24.1 Å². The first kappa shape index (κ1) is 19.1. The summed E-state index contributed by atoms with van der Waals surface area (Å²) in [6, 6.07) is 10.3. The van der Waals surface area contributed by atoms with Crippen LogP contribution < -0.4 is 20.1 Å². The van der Waals surface area contributed by atoms with Gasteiger partial charge in [0.25, 0.3) is 0 Å². The van der Waals surface area contributed by atoms with Crippen molar-refractivity contribution < 1.29 is 19.4 Å². The summed E-state index contributed by atoms with van der Waals surface area (Å²) in [6.07, 6.45) is 2.03. The summed E-state index contributed by atoms with van der Waals surface area (Å²) >= 11 is 0. The Morgan fingerprint density at radius 2 is 1.97 bits per heavy atom. The topological polar surface area (TPSA) is 109 Å². The van der Waals surface area contributed by atoms with Gasteiger partial charge in [0.1, 0.15) is 34.3 Å². The zero-order valence-corrected chi connectivity index (χ0v) is 17.6. The molecule has 3 heterocycles. The van der Waals surface area contributed by atoms with Gasteiger partial charge in [-0.1, -0.05) is 6.08 Å². The Bertz CT molecular complexity index is 1300. The molecule has 2 aromatic rings. The Kier molecular flexibility index (Phi) is 3.58. The fraction of sp³-hybridized carbons (Fsp3) is 0.250. The van der Waals surface area contributed by atoms with E-state index in [9.17, 15) is 15.2 Å². The fourth-order valence-electron chi connectivity index (χ4n) is 5.19. The van der Waals surface area contributed by atoms with Crippen LogP contribution in [0.2, 0.25) is 0 Å². The lowest BCUT2D eigenvalue weighted by atomic mass is 9.68. The summed E-state index contributed by atoms with van der Waals surface area (Å²) in [5.41, 5.74) is 7.73. The Morgan fingerprint density at radius 1 is 1.23 bits per heavy atom. The Labute approximate surface area is 179 Å². The molecule has 0 aliphatic carbocycles. The number of amides is 1. The number of nitriles is 1. The SMILES string of the molecule is COc1cc2c3c(c1)[C@@]1(C(=O)N3C(C)(C)C=C2C)C(C#N)=C(N)Oc2cc(O)ccc21. The third kappa shape index (κ3) is 2.14. The van der Waals surface area contributed by atoms with Gasteiger partial charge in [-0.3, -0.25) is 4.79 Å². The number of aromatic hydroxyl groups is 1. The van der Waals surface area contributed by atoms with Crippen LogP contribution >= 0.6 is 0 Å². The standard InChI is InChI=1S/C24H21N3O4/c1-12-10-23(2,3)27-20-15(12)8-14(30-4)9-17(20)24(22(27)29)16-6-5-13(28)7-19(16)31-21(26)18(24)11-25/h5-10,28H,26H2,1-4H3/t24-/m1/s1. The molecule has 5 rings (SSSR count). The predicted octanol–water partition coefficient (Wildman–Crippen LogP) is 3.32. The number of nitrogens with two attached hydrogens (primary N) is 1. The molecule has 0 saturated carbocycles. The molecule has 0 aromatic heterocycles. The molecule has 3 aliphatic heterocycles. The molecule has 7 heteroatoms. The molecule has 2 aromatic carbocycles. The van der Waals surface area contributed by atoms with E-state index < -0.39 is 11.0 Å². The number of carbonyl (C=O) groups is 1. The largest absolute Gasteiger partial charge is 0.508 e. The number of ether oxygens (including phenoxy) is 2. The second kappa shape index (κ2) is 5.82. The van der Waals surface area contributed by atoms with Crippen molar-refractivity contribution in [2.24, 2.45) is 5.73 Å². The zero-order chi connectivity index (χ0) is 22.3. The molecule has 1 amide bonds. The lowest BCUT2D eigenvalue weighted by Crippen LogP contribution is -2.53. The quantitative estimate of drug-likeness (QED) is 0.740. The van der Waals surface area contributed by atoms with Gasteiger partial charge in [-0.05, 0) is 50.6 Å². The smallest absolute Gasteiger partial charge is 0.248 e. The molecule has 0 radical (unpaired) electrons. The van der Waals surface area contributed by atoms with Crippen LogP contribution in [0.15, 0.2) is 47.9 Å². The van der Waals surface area contributed by atoms with E-state index >= 15 is 0 Å². The molecule has 3 N–H and O–H groups in total. The Balaban J connectivity index is 1.99. The molecule has 3 aliphatic rings. The highest BCUT2D eigenvalue weighted by molar-refractivity contribution is 6.18. The van der Waals surface area contributed by atoms with Gasteiger partial charge in [-0.15, -0.1) is 0 Å². The molecular weight excluding hydrogens is 394 g/mol. The van der Waals surface area contributed by atoms with Crippen LogP contribution in [0.25, 0.3) is 5.57 Å².